The predicted molar refractivity (Wildman–Crippen MR) is 181 cm³/mol. The molecule has 9 heteroatoms. The third-order valence-corrected chi connectivity index (χ3v) is 8.79. The summed E-state index contributed by atoms with van der Waals surface area (Å²) in [6.45, 7) is 12.1. The zero-order valence-electron chi connectivity index (χ0n) is 28.2. The number of amides is 2. The van der Waals surface area contributed by atoms with Crippen LogP contribution in [0.15, 0.2) is 72.8 Å². The number of urea groups is 1. The molecule has 5 rings (SSSR count). The van der Waals surface area contributed by atoms with Crippen molar-refractivity contribution in [3.63, 3.8) is 0 Å². The number of ether oxygens (including phenoxy) is 3. The van der Waals surface area contributed by atoms with Crippen molar-refractivity contribution in [3.05, 3.63) is 95.1 Å². The lowest BCUT2D eigenvalue weighted by Gasteiger charge is -2.43. The Morgan fingerprint density at radius 1 is 0.936 bits per heavy atom. The first kappa shape index (κ1) is 34.6. The molecule has 0 bridgehead atoms. The minimum absolute atomic E-state index is 0.0108. The Balaban J connectivity index is 1.40. The molecule has 9 nitrogen and oxygen atoms in total. The molecule has 2 aliphatic rings. The number of aliphatic hydroxyl groups excluding tert-OH is 1. The van der Waals surface area contributed by atoms with Crippen LogP contribution in [0.25, 0.3) is 11.1 Å². The standard InChI is InChI=1S/C38H49N3O6/c1-6-39-37(44)40-22-27-10-7-11-29(20-27)30-12-8-13-31(21-30)36-45-33(23-41-19-9-14-32(41)35(43)47-38(3,4)5)25(2)34(46-36)28-17-15-26(24-42)16-18-28/h7-8,10-13,15-18,20-21,25,32-34,36,42H,6,9,14,19,22-24H2,1-5H3,(H2,39,40,44). The maximum Gasteiger partial charge on any atom is 0.323 e. The molecule has 3 N–H and O–H groups in total. The van der Waals surface area contributed by atoms with Crippen LogP contribution in [0.2, 0.25) is 0 Å². The molecule has 0 saturated carbocycles. The van der Waals surface area contributed by atoms with E-state index in [1.165, 1.54) is 0 Å². The lowest BCUT2D eigenvalue weighted by molar-refractivity contribution is -0.276. The van der Waals surface area contributed by atoms with Crippen LogP contribution in [0.1, 0.15) is 82.1 Å². The normalized spacial score (nSPS) is 23.3. The van der Waals surface area contributed by atoms with Gasteiger partial charge in [-0.3, -0.25) is 9.69 Å². The fourth-order valence-corrected chi connectivity index (χ4v) is 6.37. The van der Waals surface area contributed by atoms with Crippen molar-refractivity contribution in [1.29, 1.82) is 0 Å². The van der Waals surface area contributed by atoms with Gasteiger partial charge in [-0.15, -0.1) is 0 Å². The van der Waals surface area contributed by atoms with Crippen LogP contribution in [0.4, 0.5) is 4.79 Å². The number of nitrogens with zero attached hydrogens (tertiary/aromatic N) is 1. The highest BCUT2D eigenvalue weighted by molar-refractivity contribution is 5.76. The molecule has 5 atom stereocenters. The monoisotopic (exact) mass is 643 g/mol. The van der Waals surface area contributed by atoms with Gasteiger partial charge in [0.05, 0.1) is 18.8 Å². The first-order chi connectivity index (χ1) is 22.5. The summed E-state index contributed by atoms with van der Waals surface area (Å²) in [5.74, 6) is -0.193. The van der Waals surface area contributed by atoms with Crippen LogP contribution in [-0.2, 0) is 32.2 Å². The number of nitrogens with one attached hydrogen (secondary N) is 2. The smallest absolute Gasteiger partial charge is 0.323 e. The molecule has 2 saturated heterocycles. The second-order valence-corrected chi connectivity index (χ2v) is 13.5. The first-order valence-corrected chi connectivity index (χ1v) is 16.7. The van der Waals surface area contributed by atoms with E-state index in [1.54, 1.807) is 0 Å². The van der Waals surface area contributed by atoms with E-state index in [1.807, 2.05) is 76.2 Å². The van der Waals surface area contributed by atoms with Crippen LogP contribution in [-0.4, -0.2) is 59.4 Å². The Kier molecular flexibility index (Phi) is 11.3. The van der Waals surface area contributed by atoms with Gasteiger partial charge in [-0.1, -0.05) is 67.6 Å². The summed E-state index contributed by atoms with van der Waals surface area (Å²) in [7, 11) is 0. The summed E-state index contributed by atoms with van der Waals surface area (Å²) in [4.78, 5) is 27.3. The maximum absolute atomic E-state index is 13.2. The Labute approximate surface area is 278 Å². The van der Waals surface area contributed by atoms with Crippen LogP contribution in [0.3, 0.4) is 0 Å². The summed E-state index contributed by atoms with van der Waals surface area (Å²) in [5.41, 5.74) is 5.24. The maximum atomic E-state index is 13.2. The van der Waals surface area contributed by atoms with E-state index in [-0.39, 0.29) is 42.8 Å². The quantitative estimate of drug-likeness (QED) is 0.224. The molecule has 2 heterocycles. The molecule has 3 aromatic carbocycles. The Morgan fingerprint density at radius 2 is 1.66 bits per heavy atom. The van der Waals surface area contributed by atoms with E-state index >= 15 is 0 Å². The molecule has 0 radical (unpaired) electrons. The van der Waals surface area contributed by atoms with Gasteiger partial charge >= 0.3 is 12.0 Å². The lowest BCUT2D eigenvalue weighted by Crippen LogP contribution is -2.48. The Hall–Kier alpha value is -3.76. The molecule has 2 aliphatic heterocycles. The van der Waals surface area contributed by atoms with Crippen molar-refractivity contribution in [2.45, 2.75) is 90.8 Å². The van der Waals surface area contributed by atoms with Crippen molar-refractivity contribution in [3.8, 4) is 11.1 Å². The third-order valence-electron chi connectivity index (χ3n) is 8.79. The number of carbonyl (C=O) groups excluding carboxylic acids is 2. The second-order valence-electron chi connectivity index (χ2n) is 13.5. The molecule has 2 amide bonds. The van der Waals surface area contributed by atoms with E-state index in [2.05, 4.69) is 46.7 Å². The van der Waals surface area contributed by atoms with Gasteiger partial charge in [-0.25, -0.2) is 4.79 Å². The van der Waals surface area contributed by atoms with Gasteiger partial charge in [0.1, 0.15) is 11.6 Å². The van der Waals surface area contributed by atoms with Crippen molar-refractivity contribution >= 4 is 12.0 Å². The minimum atomic E-state index is -0.635. The molecule has 5 unspecified atom stereocenters. The zero-order chi connectivity index (χ0) is 33.6. The number of hydrogen-bond acceptors (Lipinski definition) is 7. The molecule has 3 aromatic rings. The van der Waals surface area contributed by atoms with Crippen LogP contribution >= 0.6 is 0 Å². The van der Waals surface area contributed by atoms with Gasteiger partial charge in [0, 0.05) is 31.1 Å². The molecule has 47 heavy (non-hydrogen) atoms. The van der Waals surface area contributed by atoms with Gasteiger partial charge in [0.2, 0.25) is 0 Å². The van der Waals surface area contributed by atoms with Gasteiger partial charge in [-0.2, -0.15) is 0 Å². The van der Waals surface area contributed by atoms with E-state index in [9.17, 15) is 14.7 Å². The second kappa shape index (κ2) is 15.4. The van der Waals surface area contributed by atoms with E-state index < -0.39 is 11.9 Å². The number of rotatable bonds is 10. The summed E-state index contributed by atoms with van der Waals surface area (Å²) < 4.78 is 19.3. The summed E-state index contributed by atoms with van der Waals surface area (Å²) in [5, 5.41) is 15.3. The highest BCUT2D eigenvalue weighted by Crippen LogP contribution is 2.43. The fourth-order valence-electron chi connectivity index (χ4n) is 6.37. The summed E-state index contributed by atoms with van der Waals surface area (Å²) >= 11 is 0. The van der Waals surface area contributed by atoms with Gasteiger partial charge < -0.3 is 30.0 Å². The highest BCUT2D eigenvalue weighted by Gasteiger charge is 2.42. The van der Waals surface area contributed by atoms with E-state index in [0.29, 0.717) is 19.6 Å². The molecule has 2 fully saturated rings. The molecule has 0 spiro atoms. The zero-order valence-corrected chi connectivity index (χ0v) is 28.2. The van der Waals surface area contributed by atoms with Crippen molar-refractivity contribution in [2.24, 2.45) is 5.92 Å². The highest BCUT2D eigenvalue weighted by atomic mass is 16.7. The number of esters is 1. The SMILES string of the molecule is CCNC(=O)NCc1cccc(-c2cccc(C3OC(CN4CCCC4C(=O)OC(C)(C)C)C(C)C(c4ccc(CO)cc4)O3)c2)c1. The Morgan fingerprint density at radius 3 is 2.36 bits per heavy atom. The van der Waals surface area contributed by atoms with Crippen LogP contribution < -0.4 is 10.6 Å². The average molecular weight is 644 g/mol. The minimum Gasteiger partial charge on any atom is -0.459 e. The van der Waals surface area contributed by atoms with E-state index in [4.69, 9.17) is 14.2 Å². The molecule has 0 aromatic heterocycles. The largest absolute Gasteiger partial charge is 0.459 e. The van der Waals surface area contributed by atoms with Gasteiger partial charge in [0.25, 0.3) is 0 Å². The van der Waals surface area contributed by atoms with Gasteiger partial charge in [0.15, 0.2) is 6.29 Å². The van der Waals surface area contributed by atoms with Gasteiger partial charge in [-0.05, 0) is 87.0 Å². The molecule has 0 aliphatic carbocycles. The van der Waals surface area contributed by atoms with Crippen LogP contribution in [0.5, 0.6) is 0 Å². The number of aliphatic hydroxyl groups is 1. The third kappa shape index (κ3) is 8.99. The fraction of sp³-hybridized carbons (Fsp3) is 0.474. The summed E-state index contributed by atoms with van der Waals surface area (Å²) in [6.07, 6.45) is 0.579. The number of benzene rings is 3. The number of hydrogen-bond donors (Lipinski definition) is 3. The van der Waals surface area contributed by atoms with Crippen LogP contribution in [0, 0.1) is 5.92 Å². The van der Waals surface area contributed by atoms with Crippen molar-refractivity contribution < 1.29 is 28.9 Å². The average Bonchev–Trinajstić information content (AvgIpc) is 3.53. The van der Waals surface area contributed by atoms with Crippen molar-refractivity contribution in [1.82, 2.24) is 15.5 Å². The van der Waals surface area contributed by atoms with E-state index in [0.717, 1.165) is 52.8 Å². The molecular weight excluding hydrogens is 594 g/mol. The van der Waals surface area contributed by atoms with Crippen molar-refractivity contribution in [2.75, 3.05) is 19.6 Å². The lowest BCUT2D eigenvalue weighted by atomic mass is 9.89. The predicted octanol–water partition coefficient (Wildman–Crippen LogP) is 6.26. The molecular formula is C38H49N3O6. The Bertz CT molecular complexity index is 1500. The number of carbonyl (C=O) groups is 2. The first-order valence-electron chi connectivity index (χ1n) is 16.7. The molecule has 252 valence electrons. The topological polar surface area (TPSA) is 109 Å². The number of likely N-dealkylation sites (tertiary alicyclic amines) is 1. The summed E-state index contributed by atoms with van der Waals surface area (Å²) in [6, 6.07) is 23.7.